The Bertz CT molecular complexity index is 455. The Morgan fingerprint density at radius 1 is 0.867 bits per heavy atom. The van der Waals surface area contributed by atoms with Gasteiger partial charge in [0.25, 0.3) is 10.5 Å². The largest absolute Gasteiger partial charge is 0.276 e. The molecular weight excluding hydrogens is 305 g/mol. The van der Waals surface area contributed by atoms with Gasteiger partial charge in [-0.1, -0.05) is 34.8 Å². The summed E-state index contributed by atoms with van der Waals surface area (Å²) >= 11 is 27.5. The van der Waals surface area contributed by atoms with E-state index in [-0.39, 0.29) is 26.2 Å². The molecule has 2 nitrogen and oxygen atoms in total. The maximum atomic E-state index is 11.0. The minimum atomic E-state index is -0.951. The average molecular weight is 306 g/mol. The molecule has 7 heteroatoms. The Labute approximate surface area is 110 Å². The molecule has 80 valence electrons. The number of carbonyl (C=O) groups is 2. The first-order valence-corrected chi connectivity index (χ1v) is 5.32. The molecular formula is C8HCl5O2. The van der Waals surface area contributed by atoms with E-state index in [1.54, 1.807) is 0 Å². The van der Waals surface area contributed by atoms with Gasteiger partial charge in [-0.05, 0) is 29.3 Å². The topological polar surface area (TPSA) is 34.1 Å². The van der Waals surface area contributed by atoms with Gasteiger partial charge in [-0.3, -0.25) is 9.59 Å². The summed E-state index contributed by atoms with van der Waals surface area (Å²) in [6.45, 7) is 0. The lowest BCUT2D eigenvalue weighted by Gasteiger charge is -2.07. The van der Waals surface area contributed by atoms with Crippen LogP contribution in [0.3, 0.4) is 0 Å². The number of hydrogen-bond donors (Lipinski definition) is 0. The van der Waals surface area contributed by atoms with Gasteiger partial charge in [-0.2, -0.15) is 0 Å². The Morgan fingerprint density at radius 3 is 1.73 bits per heavy atom. The van der Waals surface area contributed by atoms with Crippen LogP contribution in [0.2, 0.25) is 15.1 Å². The molecule has 0 radical (unpaired) electrons. The molecule has 0 N–H and O–H groups in total. The lowest BCUT2D eigenvalue weighted by molar-refractivity contribution is 0.105. The predicted octanol–water partition coefficient (Wildman–Crippen LogP) is 4.40. The fourth-order valence-corrected chi connectivity index (χ4v) is 2.24. The van der Waals surface area contributed by atoms with Gasteiger partial charge in [0.15, 0.2) is 0 Å². The zero-order valence-electron chi connectivity index (χ0n) is 6.78. The maximum Gasteiger partial charge on any atom is 0.254 e. The van der Waals surface area contributed by atoms with Crippen molar-refractivity contribution in [2.75, 3.05) is 0 Å². The highest BCUT2D eigenvalue weighted by molar-refractivity contribution is 6.73. The van der Waals surface area contributed by atoms with Crippen LogP contribution in [0.4, 0.5) is 0 Å². The van der Waals surface area contributed by atoms with Crippen LogP contribution in [0.5, 0.6) is 0 Å². The fraction of sp³-hybridized carbons (Fsp3) is 0. The lowest BCUT2D eigenvalue weighted by atomic mass is 10.1. The van der Waals surface area contributed by atoms with Crippen molar-refractivity contribution in [3.05, 3.63) is 32.3 Å². The third-order valence-corrected chi connectivity index (χ3v) is 3.03. The molecule has 0 aliphatic carbocycles. The van der Waals surface area contributed by atoms with Crippen molar-refractivity contribution >= 4 is 68.5 Å². The minimum Gasteiger partial charge on any atom is -0.276 e. The molecule has 1 aromatic carbocycles. The van der Waals surface area contributed by atoms with Gasteiger partial charge in [-0.15, -0.1) is 0 Å². The standard InChI is InChI=1S/C8HCl5O2/c9-2-1-3(10)6(11)5(8(13)15)4(2)7(12)14/h1H. The molecule has 15 heavy (non-hydrogen) atoms. The summed E-state index contributed by atoms with van der Waals surface area (Å²) in [4.78, 5) is 22.1. The molecule has 0 heterocycles. The molecule has 0 amide bonds. The van der Waals surface area contributed by atoms with E-state index < -0.39 is 10.5 Å². The second kappa shape index (κ2) is 4.89. The Kier molecular flexibility index (Phi) is 4.27. The van der Waals surface area contributed by atoms with Crippen molar-refractivity contribution in [2.24, 2.45) is 0 Å². The van der Waals surface area contributed by atoms with Crippen LogP contribution >= 0.6 is 58.0 Å². The Balaban J connectivity index is 3.69. The van der Waals surface area contributed by atoms with Crippen LogP contribution in [-0.4, -0.2) is 10.5 Å². The zero-order valence-corrected chi connectivity index (χ0v) is 10.6. The van der Waals surface area contributed by atoms with Crippen LogP contribution in [0.15, 0.2) is 6.07 Å². The molecule has 0 aliphatic heterocycles. The molecule has 0 unspecified atom stereocenters. The first-order chi connectivity index (χ1) is 6.86. The van der Waals surface area contributed by atoms with Crippen molar-refractivity contribution in [1.82, 2.24) is 0 Å². The number of halogens is 5. The quantitative estimate of drug-likeness (QED) is 0.599. The van der Waals surface area contributed by atoms with Gasteiger partial charge in [-0.25, -0.2) is 0 Å². The van der Waals surface area contributed by atoms with Crippen LogP contribution in [0, 0.1) is 0 Å². The predicted molar refractivity (Wildman–Crippen MR) is 61.8 cm³/mol. The van der Waals surface area contributed by atoms with Gasteiger partial charge >= 0.3 is 0 Å². The normalized spacial score (nSPS) is 10.2. The summed E-state index contributed by atoms with van der Waals surface area (Å²) in [5, 5.41) is -2.08. The minimum absolute atomic E-state index is 0.0207. The van der Waals surface area contributed by atoms with Crippen molar-refractivity contribution in [3.8, 4) is 0 Å². The van der Waals surface area contributed by atoms with E-state index >= 15 is 0 Å². The molecule has 0 aromatic heterocycles. The van der Waals surface area contributed by atoms with E-state index in [4.69, 9.17) is 58.0 Å². The summed E-state index contributed by atoms with van der Waals surface area (Å²) in [5.41, 5.74) is -0.524. The first kappa shape index (κ1) is 13.1. The second-order valence-electron chi connectivity index (χ2n) is 2.45. The zero-order chi connectivity index (χ0) is 11.7. The summed E-state index contributed by atoms with van der Waals surface area (Å²) < 4.78 is 0. The highest BCUT2D eigenvalue weighted by Crippen LogP contribution is 2.35. The van der Waals surface area contributed by atoms with Gasteiger partial charge in [0, 0.05) is 0 Å². The highest BCUT2D eigenvalue weighted by Gasteiger charge is 2.23. The summed E-state index contributed by atoms with van der Waals surface area (Å²) in [6.07, 6.45) is 0. The van der Waals surface area contributed by atoms with Gasteiger partial charge < -0.3 is 0 Å². The van der Waals surface area contributed by atoms with Crippen molar-refractivity contribution in [3.63, 3.8) is 0 Å². The third-order valence-electron chi connectivity index (χ3n) is 1.56. The molecule has 0 aliphatic rings. The molecule has 0 atom stereocenters. The molecule has 0 saturated carbocycles. The second-order valence-corrected chi connectivity index (χ2v) is 4.33. The average Bonchev–Trinajstić information content (AvgIpc) is 2.09. The molecule has 0 spiro atoms. The monoisotopic (exact) mass is 304 g/mol. The highest BCUT2D eigenvalue weighted by atomic mass is 35.5. The maximum absolute atomic E-state index is 11.0. The van der Waals surface area contributed by atoms with Crippen LogP contribution < -0.4 is 0 Å². The van der Waals surface area contributed by atoms with Gasteiger partial charge in [0.05, 0.1) is 26.2 Å². The fourth-order valence-electron chi connectivity index (χ4n) is 0.972. The SMILES string of the molecule is O=C(Cl)c1c(Cl)cc(Cl)c(Cl)c1C(=O)Cl. The lowest BCUT2D eigenvalue weighted by Crippen LogP contribution is -2.03. The van der Waals surface area contributed by atoms with Crippen LogP contribution in [0.1, 0.15) is 20.7 Å². The summed E-state index contributed by atoms with van der Waals surface area (Å²) in [7, 11) is 0. The molecule has 1 aromatic rings. The summed E-state index contributed by atoms with van der Waals surface area (Å²) in [5.74, 6) is 0. The first-order valence-electron chi connectivity index (χ1n) is 3.43. The number of rotatable bonds is 2. The van der Waals surface area contributed by atoms with E-state index in [0.29, 0.717) is 0 Å². The van der Waals surface area contributed by atoms with E-state index in [1.165, 1.54) is 6.07 Å². The van der Waals surface area contributed by atoms with Crippen molar-refractivity contribution in [1.29, 1.82) is 0 Å². The van der Waals surface area contributed by atoms with E-state index in [1.807, 2.05) is 0 Å². The molecule has 0 bridgehead atoms. The third kappa shape index (κ3) is 2.58. The van der Waals surface area contributed by atoms with E-state index in [0.717, 1.165) is 0 Å². The smallest absolute Gasteiger partial charge is 0.254 e. The molecule has 0 saturated heterocycles. The molecule has 0 fully saturated rings. The van der Waals surface area contributed by atoms with E-state index in [9.17, 15) is 9.59 Å². The molecule has 1 rings (SSSR count). The number of carbonyl (C=O) groups excluding carboxylic acids is 2. The number of benzene rings is 1. The Morgan fingerprint density at radius 2 is 1.33 bits per heavy atom. The Hall–Kier alpha value is 0.01000. The van der Waals surface area contributed by atoms with Crippen molar-refractivity contribution < 1.29 is 9.59 Å². The number of hydrogen-bond acceptors (Lipinski definition) is 2. The van der Waals surface area contributed by atoms with Gasteiger partial charge in [0.2, 0.25) is 0 Å². The van der Waals surface area contributed by atoms with E-state index in [2.05, 4.69) is 0 Å². The van der Waals surface area contributed by atoms with Crippen LogP contribution in [-0.2, 0) is 0 Å². The summed E-state index contributed by atoms with van der Waals surface area (Å²) in [6, 6.07) is 1.21. The van der Waals surface area contributed by atoms with Crippen molar-refractivity contribution in [2.45, 2.75) is 0 Å². The van der Waals surface area contributed by atoms with Crippen LogP contribution in [0.25, 0.3) is 0 Å². The van der Waals surface area contributed by atoms with Gasteiger partial charge in [0.1, 0.15) is 0 Å².